The van der Waals surface area contributed by atoms with Gasteiger partial charge in [0.1, 0.15) is 17.1 Å². The lowest BCUT2D eigenvalue weighted by atomic mass is 10.0. The van der Waals surface area contributed by atoms with E-state index in [4.69, 9.17) is 9.56 Å². The van der Waals surface area contributed by atoms with Crippen LogP contribution < -0.4 is 15.8 Å². The molecule has 0 saturated heterocycles. The minimum atomic E-state index is -3.83. The molecule has 31 heavy (non-hydrogen) atoms. The Labute approximate surface area is 178 Å². The number of nitrogens with zero attached hydrogens (tertiary/aromatic N) is 4. The molecule has 4 rings (SSSR count). The monoisotopic (exact) mass is 443 g/mol. The molecule has 11 heteroatoms. The summed E-state index contributed by atoms with van der Waals surface area (Å²) in [5, 5.41) is 26.1. The summed E-state index contributed by atoms with van der Waals surface area (Å²) in [6, 6.07) is 7.00. The molecule has 2 aromatic heterocycles. The van der Waals surface area contributed by atoms with Gasteiger partial charge in [0.25, 0.3) is 0 Å². The molecule has 3 N–H and O–H groups in total. The van der Waals surface area contributed by atoms with Crippen LogP contribution in [0.4, 0.5) is 5.69 Å². The van der Waals surface area contributed by atoms with Crippen LogP contribution in [0.3, 0.4) is 0 Å². The molecule has 0 fully saturated rings. The minimum Gasteiger partial charge on any atom is -0.507 e. The number of hydrogen-bond donors (Lipinski definition) is 2. The van der Waals surface area contributed by atoms with E-state index in [1.165, 1.54) is 18.2 Å². The molecule has 3 aromatic rings. The molecule has 1 aliphatic heterocycles. The normalized spacial score (nSPS) is 16.5. The topological polar surface area (TPSA) is 144 Å². The Balaban J connectivity index is 1.80. The number of anilines is 1. The van der Waals surface area contributed by atoms with E-state index in [0.29, 0.717) is 30.1 Å². The van der Waals surface area contributed by atoms with Crippen LogP contribution in [-0.2, 0) is 16.6 Å². The fraction of sp³-hybridized carbons (Fsp3) is 0.250. The van der Waals surface area contributed by atoms with Gasteiger partial charge in [-0.05, 0) is 38.1 Å². The summed E-state index contributed by atoms with van der Waals surface area (Å²) >= 11 is 0. The number of primary sulfonamides is 1. The predicted octanol–water partition coefficient (Wildman–Crippen LogP) is 1.87. The van der Waals surface area contributed by atoms with Crippen molar-refractivity contribution in [2.45, 2.75) is 37.8 Å². The quantitative estimate of drug-likeness (QED) is 0.612. The van der Waals surface area contributed by atoms with Gasteiger partial charge < -0.3 is 9.52 Å². The molecule has 0 radical (unpaired) electrons. The number of aryl methyl sites for hydroxylation is 2. The Bertz CT molecular complexity index is 1320. The number of benzene rings is 1. The lowest BCUT2D eigenvalue weighted by molar-refractivity contribution is 0.432. The summed E-state index contributed by atoms with van der Waals surface area (Å²) in [6.45, 7) is 4.22. The third-order valence-electron chi connectivity index (χ3n) is 5.04. The summed E-state index contributed by atoms with van der Waals surface area (Å²) in [7, 11) is -3.83. The molecule has 1 atom stereocenters. The first-order valence-corrected chi connectivity index (χ1v) is 11.1. The molecule has 0 aliphatic carbocycles. The Morgan fingerprint density at radius 3 is 2.58 bits per heavy atom. The highest BCUT2D eigenvalue weighted by Gasteiger charge is 2.33. The summed E-state index contributed by atoms with van der Waals surface area (Å²) < 4.78 is 30.1. The number of sulfonamides is 1. The van der Waals surface area contributed by atoms with E-state index in [2.05, 4.69) is 10.2 Å². The van der Waals surface area contributed by atoms with Crippen LogP contribution in [-0.4, -0.2) is 29.0 Å². The summed E-state index contributed by atoms with van der Waals surface area (Å²) in [5.74, 6) is 0.0861. The lowest BCUT2D eigenvalue weighted by Gasteiger charge is -2.22. The number of aromatic nitrogens is 2. The van der Waals surface area contributed by atoms with Gasteiger partial charge in [-0.1, -0.05) is 0 Å². The van der Waals surface area contributed by atoms with Crippen molar-refractivity contribution < 1.29 is 17.9 Å². The molecular weight excluding hydrogens is 422 g/mol. The Hall–Kier alpha value is -3.44. The van der Waals surface area contributed by atoms with Crippen molar-refractivity contribution in [2.75, 3.05) is 5.01 Å². The maximum Gasteiger partial charge on any atom is 0.348 e. The second-order valence-electron chi connectivity index (χ2n) is 7.18. The Morgan fingerprint density at radius 1 is 1.29 bits per heavy atom. The van der Waals surface area contributed by atoms with E-state index >= 15 is 0 Å². The smallest absolute Gasteiger partial charge is 0.348 e. The molecule has 10 nitrogen and oxygen atoms in total. The van der Waals surface area contributed by atoms with Crippen LogP contribution in [0.1, 0.15) is 36.3 Å². The van der Waals surface area contributed by atoms with Crippen LogP contribution in [0.2, 0.25) is 0 Å². The van der Waals surface area contributed by atoms with Crippen molar-refractivity contribution >= 4 is 21.4 Å². The molecular formula is C20H21N5O5S. The summed E-state index contributed by atoms with van der Waals surface area (Å²) in [5.41, 5.74) is 1.13. The zero-order chi connectivity index (χ0) is 22.3. The van der Waals surface area contributed by atoms with Crippen molar-refractivity contribution in [3.05, 3.63) is 70.0 Å². The fourth-order valence-electron chi connectivity index (χ4n) is 3.53. The van der Waals surface area contributed by atoms with E-state index in [9.17, 15) is 18.3 Å². The van der Waals surface area contributed by atoms with Crippen LogP contribution in [0, 0.1) is 6.92 Å². The third kappa shape index (κ3) is 3.97. The SMILES string of the molecule is CCn1cc([C@H]2CC(c3c(O)cc(C)oc3=O)=NN2c2ccc(S(N)(=O)=O)cc2)cn1. The van der Waals surface area contributed by atoms with Gasteiger partial charge in [0, 0.05) is 30.8 Å². The van der Waals surface area contributed by atoms with Gasteiger partial charge in [0.05, 0.1) is 28.5 Å². The zero-order valence-corrected chi connectivity index (χ0v) is 17.7. The van der Waals surface area contributed by atoms with Crippen LogP contribution in [0.15, 0.2) is 61.9 Å². The zero-order valence-electron chi connectivity index (χ0n) is 16.9. The van der Waals surface area contributed by atoms with Gasteiger partial charge in [-0.3, -0.25) is 9.69 Å². The number of hydrogen-bond acceptors (Lipinski definition) is 8. The van der Waals surface area contributed by atoms with Crippen molar-refractivity contribution in [3.8, 4) is 5.75 Å². The predicted molar refractivity (Wildman–Crippen MR) is 113 cm³/mol. The molecule has 3 heterocycles. The Kier molecular flexibility index (Phi) is 5.15. The van der Waals surface area contributed by atoms with Gasteiger partial charge >= 0.3 is 5.63 Å². The number of aromatic hydroxyl groups is 1. The molecule has 0 bridgehead atoms. The standard InChI is InChI=1S/C20H21N5O5S/c1-3-24-11-13(10-22-24)17-9-16(19-18(26)8-12(2)30-20(19)27)23-25(17)14-4-6-15(7-5-14)31(21,28)29/h4-8,10-11,17,26H,3,9H2,1-2H3,(H2,21,28,29)/t17-/m1/s1. The average molecular weight is 443 g/mol. The first-order chi connectivity index (χ1) is 14.7. The van der Waals surface area contributed by atoms with E-state index in [0.717, 1.165) is 5.56 Å². The van der Waals surface area contributed by atoms with Crippen molar-refractivity contribution in [3.63, 3.8) is 0 Å². The first kappa shape index (κ1) is 20.8. The maximum absolute atomic E-state index is 12.4. The Morgan fingerprint density at radius 2 is 2.00 bits per heavy atom. The van der Waals surface area contributed by atoms with Crippen LogP contribution in [0.25, 0.3) is 0 Å². The number of hydrazone groups is 1. The molecule has 0 saturated carbocycles. The van der Waals surface area contributed by atoms with Crippen molar-refractivity contribution in [2.24, 2.45) is 10.2 Å². The number of nitrogens with two attached hydrogens (primary N) is 1. The van der Waals surface area contributed by atoms with E-state index < -0.39 is 15.6 Å². The highest BCUT2D eigenvalue weighted by molar-refractivity contribution is 7.89. The second kappa shape index (κ2) is 7.67. The number of rotatable bonds is 5. The van der Waals surface area contributed by atoms with Crippen molar-refractivity contribution in [1.82, 2.24) is 9.78 Å². The lowest BCUT2D eigenvalue weighted by Crippen LogP contribution is -2.19. The second-order valence-corrected chi connectivity index (χ2v) is 8.75. The van der Waals surface area contributed by atoms with Crippen LogP contribution >= 0.6 is 0 Å². The van der Waals surface area contributed by atoms with Gasteiger partial charge in [-0.15, -0.1) is 0 Å². The first-order valence-electron chi connectivity index (χ1n) is 9.53. The van der Waals surface area contributed by atoms with Gasteiger partial charge in [-0.25, -0.2) is 18.4 Å². The molecule has 162 valence electrons. The van der Waals surface area contributed by atoms with Gasteiger partial charge in [0.2, 0.25) is 10.0 Å². The highest BCUT2D eigenvalue weighted by atomic mass is 32.2. The highest BCUT2D eigenvalue weighted by Crippen LogP contribution is 2.37. The van der Waals surface area contributed by atoms with E-state index in [-0.39, 0.29) is 22.3 Å². The largest absolute Gasteiger partial charge is 0.507 e. The summed E-state index contributed by atoms with van der Waals surface area (Å²) in [6.07, 6.45) is 3.91. The van der Waals surface area contributed by atoms with Crippen molar-refractivity contribution in [1.29, 1.82) is 0 Å². The summed E-state index contributed by atoms with van der Waals surface area (Å²) in [4.78, 5) is 12.4. The van der Waals surface area contributed by atoms with Gasteiger partial charge in [0.15, 0.2) is 0 Å². The molecule has 1 aromatic carbocycles. The maximum atomic E-state index is 12.4. The third-order valence-corrected chi connectivity index (χ3v) is 5.97. The molecule has 0 spiro atoms. The molecule has 1 aliphatic rings. The van der Waals surface area contributed by atoms with E-state index in [1.807, 2.05) is 13.1 Å². The average Bonchev–Trinajstić information content (AvgIpc) is 3.33. The van der Waals surface area contributed by atoms with Gasteiger partial charge in [-0.2, -0.15) is 10.2 Å². The fourth-order valence-corrected chi connectivity index (χ4v) is 4.05. The van der Waals surface area contributed by atoms with E-state index in [1.54, 1.807) is 34.9 Å². The minimum absolute atomic E-state index is 0.00198. The van der Waals surface area contributed by atoms with Crippen LogP contribution in [0.5, 0.6) is 5.75 Å². The molecule has 0 amide bonds. The molecule has 0 unspecified atom stereocenters.